The zero-order chi connectivity index (χ0) is 6.57. The smallest absolute Gasteiger partial charge is 0.151 e. The summed E-state index contributed by atoms with van der Waals surface area (Å²) in [6, 6.07) is 0. The lowest BCUT2D eigenvalue weighted by Crippen LogP contribution is -2.30. The summed E-state index contributed by atoms with van der Waals surface area (Å²) < 4.78 is 11.9. The molecule has 0 spiro atoms. The number of carbonyl (C=O) groups is 1. The molecule has 0 aromatic carbocycles. The van der Waals surface area contributed by atoms with Crippen molar-refractivity contribution in [1.82, 2.24) is 0 Å². The standard InChI is InChI=1S/C4H8FNO2/c5-3(1-6)4(8)2-7/h2-4,8H,1,6H2/t3-,4-/m1/s1. The van der Waals surface area contributed by atoms with E-state index in [9.17, 15) is 9.18 Å². The van der Waals surface area contributed by atoms with Crippen LogP contribution in [0, 0.1) is 0 Å². The Bertz CT molecular complexity index is 78.4. The molecule has 3 nitrogen and oxygen atoms in total. The van der Waals surface area contributed by atoms with Crippen molar-refractivity contribution in [2.24, 2.45) is 5.73 Å². The number of hydrogen-bond acceptors (Lipinski definition) is 3. The van der Waals surface area contributed by atoms with Gasteiger partial charge in [-0.05, 0) is 0 Å². The van der Waals surface area contributed by atoms with Crippen molar-refractivity contribution < 1.29 is 14.3 Å². The van der Waals surface area contributed by atoms with Gasteiger partial charge in [-0.15, -0.1) is 0 Å². The second kappa shape index (κ2) is 3.51. The van der Waals surface area contributed by atoms with E-state index in [0.29, 0.717) is 0 Å². The van der Waals surface area contributed by atoms with Crippen molar-refractivity contribution in [3.8, 4) is 0 Å². The van der Waals surface area contributed by atoms with Gasteiger partial charge in [-0.25, -0.2) is 4.39 Å². The molecule has 0 aromatic rings. The molecule has 48 valence electrons. The van der Waals surface area contributed by atoms with E-state index in [1.54, 1.807) is 0 Å². The molecule has 0 fully saturated rings. The summed E-state index contributed by atoms with van der Waals surface area (Å²) in [4.78, 5) is 9.56. The first-order valence-electron chi connectivity index (χ1n) is 2.20. The second-order valence-corrected chi connectivity index (χ2v) is 1.38. The molecule has 0 aliphatic rings. The second-order valence-electron chi connectivity index (χ2n) is 1.38. The Morgan fingerprint density at radius 3 is 2.50 bits per heavy atom. The van der Waals surface area contributed by atoms with E-state index in [2.05, 4.69) is 0 Å². The Hall–Kier alpha value is -0.480. The van der Waals surface area contributed by atoms with Crippen LogP contribution in [0.4, 0.5) is 4.39 Å². The predicted octanol–water partition coefficient (Wildman–Crippen LogP) is -1.16. The minimum absolute atomic E-state index is 0.123. The van der Waals surface area contributed by atoms with Gasteiger partial charge in [-0.3, -0.25) is 0 Å². The van der Waals surface area contributed by atoms with Crippen molar-refractivity contribution >= 4 is 6.29 Å². The molecule has 0 bridgehead atoms. The molecule has 3 N–H and O–H groups in total. The molecule has 0 saturated heterocycles. The molecule has 0 amide bonds. The Kier molecular flexibility index (Phi) is 3.30. The molecule has 8 heavy (non-hydrogen) atoms. The van der Waals surface area contributed by atoms with Crippen LogP contribution in [0.15, 0.2) is 0 Å². The third-order valence-electron chi connectivity index (χ3n) is 0.735. The van der Waals surface area contributed by atoms with Crippen LogP contribution in [0.25, 0.3) is 0 Å². The molecule has 2 atom stereocenters. The quantitative estimate of drug-likeness (QED) is 0.463. The molecule has 0 unspecified atom stereocenters. The van der Waals surface area contributed by atoms with E-state index < -0.39 is 12.3 Å². The van der Waals surface area contributed by atoms with Crippen LogP contribution in [0.5, 0.6) is 0 Å². The summed E-state index contributed by atoms with van der Waals surface area (Å²) >= 11 is 0. The van der Waals surface area contributed by atoms with Gasteiger partial charge in [0.05, 0.1) is 0 Å². The van der Waals surface area contributed by atoms with E-state index in [4.69, 9.17) is 10.8 Å². The van der Waals surface area contributed by atoms with Crippen LogP contribution in [-0.4, -0.2) is 30.2 Å². The van der Waals surface area contributed by atoms with E-state index in [0.717, 1.165) is 0 Å². The summed E-state index contributed by atoms with van der Waals surface area (Å²) in [5.74, 6) is 0. The normalized spacial score (nSPS) is 17.4. The number of aldehydes is 1. The predicted molar refractivity (Wildman–Crippen MR) is 26.0 cm³/mol. The zero-order valence-electron chi connectivity index (χ0n) is 4.25. The third kappa shape index (κ3) is 1.99. The Balaban J connectivity index is 3.44. The summed E-state index contributed by atoms with van der Waals surface area (Å²) in [6.07, 6.45) is -3.05. The first kappa shape index (κ1) is 7.52. The number of alkyl halides is 1. The monoisotopic (exact) mass is 121 g/mol. The topological polar surface area (TPSA) is 63.3 Å². The number of nitrogens with two attached hydrogens (primary N) is 1. The fourth-order valence-electron chi connectivity index (χ4n) is 0.225. The van der Waals surface area contributed by atoms with Gasteiger partial charge in [0.1, 0.15) is 12.3 Å². The minimum atomic E-state index is -1.62. The van der Waals surface area contributed by atoms with Crippen LogP contribution in [-0.2, 0) is 4.79 Å². The number of aliphatic hydroxyl groups excluding tert-OH is 1. The molecule has 0 aromatic heterocycles. The largest absolute Gasteiger partial charge is 0.383 e. The first-order chi connectivity index (χ1) is 3.72. The highest BCUT2D eigenvalue weighted by Gasteiger charge is 2.13. The third-order valence-corrected chi connectivity index (χ3v) is 0.735. The summed E-state index contributed by atoms with van der Waals surface area (Å²) in [7, 11) is 0. The van der Waals surface area contributed by atoms with Gasteiger partial charge in [0, 0.05) is 6.54 Å². The number of halogens is 1. The van der Waals surface area contributed by atoms with E-state index in [1.165, 1.54) is 0 Å². The van der Waals surface area contributed by atoms with Gasteiger partial charge < -0.3 is 15.6 Å². The maximum atomic E-state index is 11.9. The fraction of sp³-hybridized carbons (Fsp3) is 0.750. The Morgan fingerprint density at radius 1 is 1.88 bits per heavy atom. The van der Waals surface area contributed by atoms with E-state index >= 15 is 0 Å². The highest BCUT2D eigenvalue weighted by molar-refractivity contribution is 5.56. The van der Waals surface area contributed by atoms with E-state index in [1.807, 2.05) is 0 Å². The maximum absolute atomic E-state index is 11.9. The lowest BCUT2D eigenvalue weighted by molar-refractivity contribution is -0.117. The van der Waals surface area contributed by atoms with Crippen LogP contribution in [0.3, 0.4) is 0 Å². The van der Waals surface area contributed by atoms with Crippen LogP contribution in [0.2, 0.25) is 0 Å². The molecule has 0 aliphatic carbocycles. The highest BCUT2D eigenvalue weighted by atomic mass is 19.1. The molecule has 0 saturated carbocycles. The molecular weight excluding hydrogens is 113 g/mol. The maximum Gasteiger partial charge on any atom is 0.151 e. The molecule has 0 radical (unpaired) electrons. The molecule has 0 rings (SSSR count). The molecule has 4 heteroatoms. The molecule has 0 aliphatic heterocycles. The van der Waals surface area contributed by atoms with Gasteiger partial charge >= 0.3 is 0 Å². The molecular formula is C4H8FNO2. The summed E-state index contributed by atoms with van der Waals surface area (Å²) in [5, 5.41) is 8.30. The zero-order valence-corrected chi connectivity index (χ0v) is 4.25. The van der Waals surface area contributed by atoms with E-state index in [-0.39, 0.29) is 12.8 Å². The van der Waals surface area contributed by atoms with Crippen LogP contribution >= 0.6 is 0 Å². The number of carbonyl (C=O) groups excluding carboxylic acids is 1. The van der Waals surface area contributed by atoms with Crippen molar-refractivity contribution in [3.05, 3.63) is 0 Å². The first-order valence-corrected chi connectivity index (χ1v) is 2.20. The average molecular weight is 121 g/mol. The van der Waals surface area contributed by atoms with Gasteiger partial charge in [-0.2, -0.15) is 0 Å². The van der Waals surface area contributed by atoms with Gasteiger partial charge in [0.15, 0.2) is 6.29 Å². The van der Waals surface area contributed by atoms with Crippen LogP contribution in [0.1, 0.15) is 0 Å². The minimum Gasteiger partial charge on any atom is -0.383 e. The van der Waals surface area contributed by atoms with Crippen LogP contribution < -0.4 is 5.73 Å². The van der Waals surface area contributed by atoms with Gasteiger partial charge in [0.25, 0.3) is 0 Å². The van der Waals surface area contributed by atoms with Gasteiger partial charge in [-0.1, -0.05) is 0 Å². The van der Waals surface area contributed by atoms with Crippen molar-refractivity contribution in [1.29, 1.82) is 0 Å². The lowest BCUT2D eigenvalue weighted by atomic mass is 10.2. The number of aliphatic hydroxyl groups is 1. The number of rotatable bonds is 3. The Labute approximate surface area is 46.3 Å². The average Bonchev–Trinajstić information content (AvgIpc) is 1.84. The highest BCUT2D eigenvalue weighted by Crippen LogP contribution is 1.91. The van der Waals surface area contributed by atoms with Gasteiger partial charge in [0.2, 0.25) is 0 Å². The van der Waals surface area contributed by atoms with Crippen molar-refractivity contribution in [3.63, 3.8) is 0 Å². The lowest BCUT2D eigenvalue weighted by Gasteiger charge is -2.04. The number of hydrogen-bond donors (Lipinski definition) is 2. The fourth-order valence-corrected chi connectivity index (χ4v) is 0.225. The summed E-state index contributed by atoms with van der Waals surface area (Å²) in [5.41, 5.74) is 4.75. The van der Waals surface area contributed by atoms with Crippen molar-refractivity contribution in [2.75, 3.05) is 6.54 Å². The van der Waals surface area contributed by atoms with Crippen molar-refractivity contribution in [2.45, 2.75) is 12.3 Å². The summed E-state index contributed by atoms with van der Waals surface area (Å²) in [6.45, 7) is -0.320. The molecule has 0 heterocycles. The SMILES string of the molecule is NC[C@@H](F)[C@H](O)C=O. The Morgan fingerprint density at radius 2 is 2.38 bits per heavy atom.